The molecule has 20 heavy (non-hydrogen) atoms. The summed E-state index contributed by atoms with van der Waals surface area (Å²) in [5.41, 5.74) is 0. The monoisotopic (exact) mass is 296 g/mol. The van der Waals surface area contributed by atoms with Crippen LogP contribution in [0.3, 0.4) is 0 Å². The lowest BCUT2D eigenvalue weighted by atomic mass is 10.1. The molecule has 1 aliphatic rings. The second-order valence-corrected chi connectivity index (χ2v) is 5.91. The Morgan fingerprint density at radius 3 is 2.60 bits per heavy atom. The maximum atomic E-state index is 11.1. The van der Waals surface area contributed by atoms with E-state index in [4.69, 9.17) is 11.6 Å². The quantitative estimate of drug-likeness (QED) is 0.870. The van der Waals surface area contributed by atoms with Gasteiger partial charge in [0.1, 0.15) is 16.8 Å². The summed E-state index contributed by atoms with van der Waals surface area (Å²) in [5, 5.41) is 3.46. The van der Waals surface area contributed by atoms with Gasteiger partial charge in [0.2, 0.25) is 5.91 Å². The van der Waals surface area contributed by atoms with Gasteiger partial charge in [-0.1, -0.05) is 25.4 Å². The number of halogens is 1. The lowest BCUT2D eigenvalue weighted by Gasteiger charge is -2.33. The van der Waals surface area contributed by atoms with Gasteiger partial charge in [0.15, 0.2) is 0 Å². The zero-order chi connectivity index (χ0) is 14.7. The maximum absolute atomic E-state index is 11.1. The Morgan fingerprint density at radius 1 is 1.40 bits per heavy atom. The molecule has 1 aromatic heterocycles. The molecule has 0 aromatic carbocycles. The lowest BCUT2D eigenvalue weighted by Crippen LogP contribution is -2.44. The molecule has 0 saturated carbocycles. The molecule has 0 atom stereocenters. The first-order chi connectivity index (χ1) is 9.45. The largest absolute Gasteiger partial charge is 0.356 e. The molecule has 0 radical (unpaired) electrons. The number of amides is 1. The zero-order valence-electron chi connectivity index (χ0n) is 12.2. The second-order valence-electron chi connectivity index (χ2n) is 5.52. The molecule has 0 unspecified atom stereocenters. The summed E-state index contributed by atoms with van der Waals surface area (Å²) in [6, 6.07) is 2.08. The van der Waals surface area contributed by atoms with Crippen molar-refractivity contribution in [2.75, 3.05) is 18.0 Å². The highest BCUT2D eigenvalue weighted by Crippen LogP contribution is 2.23. The standard InChI is InChI=1S/C14H21ClN4O/c1-9(2)14-17-12(15)8-13(18-14)19-6-4-11(5-7-19)16-10(3)20/h8-9,11H,4-7H2,1-3H3,(H,16,20). The number of anilines is 1. The Bertz CT molecular complexity index is 484. The number of nitrogens with zero attached hydrogens (tertiary/aromatic N) is 3. The molecule has 0 spiro atoms. The third-order valence-electron chi connectivity index (χ3n) is 3.44. The molecule has 1 aliphatic heterocycles. The summed E-state index contributed by atoms with van der Waals surface area (Å²) in [4.78, 5) is 22.1. The van der Waals surface area contributed by atoms with Crippen molar-refractivity contribution in [2.24, 2.45) is 0 Å². The molecule has 1 amide bonds. The van der Waals surface area contributed by atoms with Crippen LogP contribution in [0, 0.1) is 0 Å². The molecule has 2 rings (SSSR count). The Balaban J connectivity index is 2.05. The fraction of sp³-hybridized carbons (Fsp3) is 0.643. The van der Waals surface area contributed by atoms with E-state index in [0.29, 0.717) is 5.15 Å². The van der Waals surface area contributed by atoms with Crippen LogP contribution in [0.2, 0.25) is 5.15 Å². The maximum Gasteiger partial charge on any atom is 0.217 e. The Kier molecular flexibility index (Phi) is 4.81. The van der Waals surface area contributed by atoms with E-state index in [1.54, 1.807) is 6.92 Å². The van der Waals surface area contributed by atoms with E-state index < -0.39 is 0 Å². The predicted molar refractivity (Wildman–Crippen MR) is 80.2 cm³/mol. The summed E-state index contributed by atoms with van der Waals surface area (Å²) < 4.78 is 0. The molecule has 1 aromatic rings. The van der Waals surface area contributed by atoms with Crippen LogP contribution in [0.1, 0.15) is 45.4 Å². The van der Waals surface area contributed by atoms with Gasteiger partial charge in [-0.2, -0.15) is 0 Å². The molecule has 110 valence electrons. The van der Waals surface area contributed by atoms with Gasteiger partial charge in [-0.15, -0.1) is 0 Å². The average molecular weight is 297 g/mol. The van der Waals surface area contributed by atoms with Crippen molar-refractivity contribution in [1.82, 2.24) is 15.3 Å². The molecular formula is C14H21ClN4O. The Labute approximate surface area is 124 Å². The molecule has 1 N–H and O–H groups in total. The minimum atomic E-state index is 0.0376. The van der Waals surface area contributed by atoms with Gasteiger partial charge in [0.25, 0.3) is 0 Å². The zero-order valence-corrected chi connectivity index (χ0v) is 12.9. The number of piperidine rings is 1. The Hall–Kier alpha value is -1.36. The SMILES string of the molecule is CC(=O)NC1CCN(c2cc(Cl)nc(C(C)C)n2)CC1. The minimum absolute atomic E-state index is 0.0376. The van der Waals surface area contributed by atoms with Crippen LogP contribution < -0.4 is 10.2 Å². The van der Waals surface area contributed by atoms with E-state index in [9.17, 15) is 4.79 Å². The van der Waals surface area contributed by atoms with Crippen molar-refractivity contribution in [1.29, 1.82) is 0 Å². The topological polar surface area (TPSA) is 58.1 Å². The van der Waals surface area contributed by atoms with E-state index in [-0.39, 0.29) is 17.9 Å². The van der Waals surface area contributed by atoms with Crippen molar-refractivity contribution < 1.29 is 4.79 Å². The van der Waals surface area contributed by atoms with Gasteiger partial charge < -0.3 is 10.2 Å². The van der Waals surface area contributed by atoms with Gasteiger partial charge in [-0.05, 0) is 12.8 Å². The van der Waals surface area contributed by atoms with Gasteiger partial charge >= 0.3 is 0 Å². The van der Waals surface area contributed by atoms with Crippen molar-refractivity contribution >= 4 is 23.3 Å². The van der Waals surface area contributed by atoms with Gasteiger partial charge in [-0.25, -0.2) is 9.97 Å². The van der Waals surface area contributed by atoms with E-state index in [0.717, 1.165) is 37.6 Å². The molecule has 6 heteroatoms. The average Bonchev–Trinajstić information content (AvgIpc) is 2.38. The van der Waals surface area contributed by atoms with E-state index in [1.165, 1.54) is 0 Å². The first kappa shape index (κ1) is 15.0. The number of hydrogen-bond donors (Lipinski definition) is 1. The highest BCUT2D eigenvalue weighted by molar-refractivity contribution is 6.29. The van der Waals surface area contributed by atoms with Crippen molar-refractivity contribution in [3.05, 3.63) is 17.0 Å². The smallest absolute Gasteiger partial charge is 0.217 e. The molecule has 2 heterocycles. The molecule has 0 aliphatic carbocycles. The summed E-state index contributed by atoms with van der Waals surface area (Å²) in [7, 11) is 0. The predicted octanol–water partition coefficient (Wildman–Crippen LogP) is 2.36. The fourth-order valence-electron chi connectivity index (χ4n) is 2.38. The third kappa shape index (κ3) is 3.82. The number of rotatable bonds is 3. The minimum Gasteiger partial charge on any atom is -0.356 e. The van der Waals surface area contributed by atoms with Crippen molar-refractivity contribution in [2.45, 2.75) is 45.6 Å². The number of carbonyl (C=O) groups is 1. The van der Waals surface area contributed by atoms with Crippen LogP contribution in [0.5, 0.6) is 0 Å². The molecule has 1 saturated heterocycles. The van der Waals surface area contributed by atoms with Crippen LogP contribution >= 0.6 is 11.6 Å². The second kappa shape index (κ2) is 6.39. The highest BCUT2D eigenvalue weighted by Gasteiger charge is 2.21. The van der Waals surface area contributed by atoms with Crippen LogP contribution in [-0.4, -0.2) is 35.0 Å². The first-order valence-electron chi connectivity index (χ1n) is 7.02. The van der Waals surface area contributed by atoms with Crippen LogP contribution in [0.25, 0.3) is 0 Å². The molecule has 0 bridgehead atoms. The lowest BCUT2D eigenvalue weighted by molar-refractivity contribution is -0.119. The summed E-state index contributed by atoms with van der Waals surface area (Å²) in [6.45, 7) is 7.41. The molecule has 5 nitrogen and oxygen atoms in total. The third-order valence-corrected chi connectivity index (χ3v) is 3.64. The first-order valence-corrected chi connectivity index (χ1v) is 7.40. The van der Waals surface area contributed by atoms with Crippen LogP contribution in [-0.2, 0) is 4.79 Å². The summed E-state index contributed by atoms with van der Waals surface area (Å²) >= 11 is 6.08. The number of carbonyl (C=O) groups excluding carboxylic acids is 1. The van der Waals surface area contributed by atoms with E-state index in [1.807, 2.05) is 6.07 Å². The van der Waals surface area contributed by atoms with Gasteiger partial charge in [-0.3, -0.25) is 4.79 Å². The fourth-order valence-corrected chi connectivity index (χ4v) is 2.57. The summed E-state index contributed by atoms with van der Waals surface area (Å²) in [6.07, 6.45) is 1.86. The molecular weight excluding hydrogens is 276 g/mol. The number of hydrogen-bond acceptors (Lipinski definition) is 4. The molecule has 1 fully saturated rings. The van der Waals surface area contributed by atoms with Crippen LogP contribution in [0.4, 0.5) is 5.82 Å². The number of nitrogens with one attached hydrogen (secondary N) is 1. The normalized spacial score (nSPS) is 16.6. The van der Waals surface area contributed by atoms with Crippen molar-refractivity contribution in [3.63, 3.8) is 0 Å². The summed E-state index contributed by atoms with van der Waals surface area (Å²) in [5.74, 6) is 1.95. The van der Waals surface area contributed by atoms with Gasteiger partial charge in [0.05, 0.1) is 0 Å². The van der Waals surface area contributed by atoms with E-state index in [2.05, 4.69) is 34.0 Å². The van der Waals surface area contributed by atoms with E-state index >= 15 is 0 Å². The number of aromatic nitrogens is 2. The Morgan fingerprint density at radius 2 is 2.05 bits per heavy atom. The highest BCUT2D eigenvalue weighted by atomic mass is 35.5. The van der Waals surface area contributed by atoms with Crippen LogP contribution in [0.15, 0.2) is 6.07 Å². The van der Waals surface area contributed by atoms with Gasteiger partial charge in [0, 0.05) is 38.0 Å². The van der Waals surface area contributed by atoms with Crippen molar-refractivity contribution in [3.8, 4) is 0 Å².